The van der Waals surface area contributed by atoms with Gasteiger partial charge in [-0.05, 0) is 48.0 Å². The number of benzene rings is 2. The minimum atomic E-state index is -0.502. The van der Waals surface area contributed by atoms with Crippen molar-refractivity contribution in [1.29, 1.82) is 0 Å². The first-order valence-corrected chi connectivity index (χ1v) is 12.8. The van der Waals surface area contributed by atoms with E-state index in [0.29, 0.717) is 59.5 Å². The largest absolute Gasteiger partial charge is 0.508 e. The number of rotatable bonds is 9. The number of hydrazone groups is 1. The highest BCUT2D eigenvalue weighted by Gasteiger charge is 2.17. The van der Waals surface area contributed by atoms with Crippen molar-refractivity contribution < 1.29 is 19.0 Å². The SMILES string of the molecule is O=C(Cc1cc(O)cc(Cl)c1)c1cccc(Nc2ccc(/C=N/Nc3ncc(F)c(N4CCOCC4)n3)nc2)c1. The van der Waals surface area contributed by atoms with Gasteiger partial charge in [-0.25, -0.2) is 14.8 Å². The first kappa shape index (κ1) is 27.0. The van der Waals surface area contributed by atoms with Crippen LogP contribution in [0.25, 0.3) is 0 Å². The van der Waals surface area contributed by atoms with Gasteiger partial charge < -0.3 is 20.1 Å². The smallest absolute Gasteiger partial charge is 0.245 e. The Hall–Kier alpha value is -4.61. The van der Waals surface area contributed by atoms with Crippen LogP contribution in [0.1, 0.15) is 21.6 Å². The molecule has 10 nitrogen and oxygen atoms in total. The van der Waals surface area contributed by atoms with Gasteiger partial charge in [-0.15, -0.1) is 0 Å². The number of ether oxygens (including phenoxy) is 1. The van der Waals surface area contributed by atoms with Crippen LogP contribution in [0.2, 0.25) is 5.02 Å². The van der Waals surface area contributed by atoms with Crippen molar-refractivity contribution >= 4 is 46.7 Å². The quantitative estimate of drug-likeness (QED) is 0.150. The number of aromatic nitrogens is 3. The Kier molecular flexibility index (Phi) is 8.43. The molecule has 204 valence electrons. The first-order chi connectivity index (χ1) is 19.4. The molecule has 40 heavy (non-hydrogen) atoms. The Morgan fingerprint density at radius 2 is 1.95 bits per heavy atom. The number of Topliss-reactive ketones (excluding diaryl/α,β-unsaturated/α-hetero) is 1. The lowest BCUT2D eigenvalue weighted by Crippen LogP contribution is -2.37. The second-order valence-corrected chi connectivity index (χ2v) is 9.37. The number of nitrogens with zero attached hydrogens (tertiary/aromatic N) is 5. The fourth-order valence-corrected chi connectivity index (χ4v) is 4.33. The summed E-state index contributed by atoms with van der Waals surface area (Å²) in [5, 5.41) is 17.4. The highest BCUT2D eigenvalue weighted by atomic mass is 35.5. The summed E-state index contributed by atoms with van der Waals surface area (Å²) in [4.78, 5) is 27.1. The topological polar surface area (TPSA) is 125 Å². The van der Waals surface area contributed by atoms with Gasteiger partial charge in [0.25, 0.3) is 0 Å². The summed E-state index contributed by atoms with van der Waals surface area (Å²) in [6.45, 7) is 2.13. The molecular formula is C28H25ClFN7O3. The first-order valence-electron chi connectivity index (χ1n) is 12.4. The lowest BCUT2D eigenvalue weighted by molar-refractivity contribution is 0.0993. The summed E-state index contributed by atoms with van der Waals surface area (Å²) in [6.07, 6.45) is 4.35. The number of phenolic OH excluding ortho intramolecular Hbond substituents is 1. The Morgan fingerprint density at radius 1 is 1.10 bits per heavy atom. The second kappa shape index (κ2) is 12.5. The molecule has 1 saturated heterocycles. The third-order valence-electron chi connectivity index (χ3n) is 5.96. The molecular weight excluding hydrogens is 537 g/mol. The summed E-state index contributed by atoms with van der Waals surface area (Å²) in [6, 6.07) is 15.3. The van der Waals surface area contributed by atoms with Gasteiger partial charge in [-0.3, -0.25) is 9.78 Å². The number of carbonyl (C=O) groups is 1. The van der Waals surface area contributed by atoms with E-state index in [-0.39, 0.29) is 29.7 Å². The van der Waals surface area contributed by atoms with Crippen LogP contribution in [-0.4, -0.2) is 58.4 Å². The lowest BCUT2D eigenvalue weighted by atomic mass is 10.0. The molecule has 1 aliphatic heterocycles. The van der Waals surface area contributed by atoms with Gasteiger partial charge in [0.05, 0.1) is 43.2 Å². The van der Waals surface area contributed by atoms with Crippen LogP contribution in [0.5, 0.6) is 5.75 Å². The van der Waals surface area contributed by atoms with Gasteiger partial charge in [0.15, 0.2) is 17.4 Å². The van der Waals surface area contributed by atoms with Crippen LogP contribution in [0.15, 0.2) is 72.1 Å². The Morgan fingerprint density at radius 3 is 2.73 bits per heavy atom. The predicted octanol–water partition coefficient (Wildman–Crippen LogP) is 4.82. The van der Waals surface area contributed by atoms with Crippen molar-refractivity contribution in [2.75, 3.05) is 41.9 Å². The number of ketones is 1. The summed E-state index contributed by atoms with van der Waals surface area (Å²) < 4.78 is 19.5. The number of carbonyl (C=O) groups excluding carboxylic acids is 1. The number of aromatic hydroxyl groups is 1. The summed E-state index contributed by atoms with van der Waals surface area (Å²) >= 11 is 5.98. The van der Waals surface area contributed by atoms with Gasteiger partial charge in [-0.2, -0.15) is 10.1 Å². The van der Waals surface area contributed by atoms with Crippen molar-refractivity contribution in [3.8, 4) is 5.75 Å². The van der Waals surface area contributed by atoms with Gasteiger partial charge in [0, 0.05) is 35.8 Å². The van der Waals surface area contributed by atoms with Crippen LogP contribution in [0, 0.1) is 5.82 Å². The highest BCUT2D eigenvalue weighted by molar-refractivity contribution is 6.30. The molecule has 0 unspecified atom stereocenters. The van der Waals surface area contributed by atoms with Gasteiger partial charge in [0.2, 0.25) is 5.95 Å². The highest BCUT2D eigenvalue weighted by Crippen LogP contribution is 2.23. The fraction of sp³-hybridized carbons (Fsp3) is 0.179. The number of hydrogen-bond acceptors (Lipinski definition) is 10. The number of morpholine rings is 1. The lowest BCUT2D eigenvalue weighted by Gasteiger charge is -2.27. The molecule has 5 rings (SSSR count). The summed E-state index contributed by atoms with van der Waals surface area (Å²) in [5.41, 5.74) is 5.86. The fourth-order valence-electron chi connectivity index (χ4n) is 4.08. The number of anilines is 4. The van der Waals surface area contributed by atoms with E-state index in [9.17, 15) is 14.3 Å². The van der Waals surface area contributed by atoms with Crippen molar-refractivity contribution in [3.05, 3.63) is 94.7 Å². The zero-order chi connectivity index (χ0) is 27.9. The Balaban J connectivity index is 1.18. The minimum absolute atomic E-state index is 0.0178. The molecule has 12 heteroatoms. The van der Waals surface area contributed by atoms with Crippen molar-refractivity contribution in [2.45, 2.75) is 6.42 Å². The van der Waals surface area contributed by atoms with E-state index in [0.717, 1.165) is 6.20 Å². The third-order valence-corrected chi connectivity index (χ3v) is 6.18. The predicted molar refractivity (Wildman–Crippen MR) is 151 cm³/mol. The molecule has 1 fully saturated rings. The molecule has 0 saturated carbocycles. The van der Waals surface area contributed by atoms with Crippen molar-refractivity contribution in [2.24, 2.45) is 5.10 Å². The molecule has 2 aromatic heterocycles. The average molecular weight is 562 g/mol. The van der Waals surface area contributed by atoms with Gasteiger partial charge in [-0.1, -0.05) is 23.7 Å². The Labute approximate surface area is 234 Å². The van der Waals surface area contributed by atoms with E-state index in [2.05, 4.69) is 30.8 Å². The average Bonchev–Trinajstić information content (AvgIpc) is 2.95. The molecule has 2 aromatic carbocycles. The number of hydrogen-bond donors (Lipinski definition) is 3. The maximum Gasteiger partial charge on any atom is 0.245 e. The van der Waals surface area contributed by atoms with Crippen LogP contribution in [0.4, 0.5) is 27.5 Å². The summed E-state index contributed by atoms with van der Waals surface area (Å²) in [7, 11) is 0. The zero-order valence-corrected chi connectivity index (χ0v) is 22.0. The van der Waals surface area contributed by atoms with Gasteiger partial charge >= 0.3 is 0 Å². The molecule has 3 heterocycles. The van der Waals surface area contributed by atoms with Crippen molar-refractivity contribution in [3.63, 3.8) is 0 Å². The molecule has 0 amide bonds. The molecule has 1 aliphatic rings. The molecule has 0 atom stereocenters. The molecule has 3 N–H and O–H groups in total. The van der Waals surface area contributed by atoms with Crippen molar-refractivity contribution in [1.82, 2.24) is 15.0 Å². The minimum Gasteiger partial charge on any atom is -0.508 e. The van der Waals surface area contributed by atoms with Crippen LogP contribution in [-0.2, 0) is 11.2 Å². The maximum atomic E-state index is 14.2. The van der Waals surface area contributed by atoms with Crippen LogP contribution >= 0.6 is 11.6 Å². The number of nitrogens with one attached hydrogen (secondary N) is 2. The third kappa shape index (κ3) is 7.07. The van der Waals surface area contributed by atoms with E-state index in [1.165, 1.54) is 18.3 Å². The van der Waals surface area contributed by atoms with Crippen LogP contribution < -0.4 is 15.6 Å². The number of halogens is 2. The zero-order valence-electron chi connectivity index (χ0n) is 21.2. The molecule has 0 radical (unpaired) electrons. The molecule has 0 aliphatic carbocycles. The maximum absolute atomic E-state index is 14.2. The van der Waals surface area contributed by atoms with E-state index in [1.54, 1.807) is 41.4 Å². The van der Waals surface area contributed by atoms with E-state index in [1.807, 2.05) is 12.1 Å². The van der Waals surface area contributed by atoms with Gasteiger partial charge in [0.1, 0.15) is 5.75 Å². The van der Waals surface area contributed by atoms with Crippen LogP contribution in [0.3, 0.4) is 0 Å². The van der Waals surface area contributed by atoms with E-state index < -0.39 is 5.82 Å². The standard InChI is InChI=1S/C28H25ClFN7O3/c29-20-10-18(11-24(38)14-20)12-26(39)19-2-1-3-21(13-19)34-23-5-4-22(31-15-23)16-33-36-28-32-17-25(30)27(35-28)37-6-8-40-9-7-37/h1-5,10-11,13-17,34,38H,6-9,12H2,(H,32,35,36)/b33-16+. The molecule has 0 spiro atoms. The summed E-state index contributed by atoms with van der Waals surface area (Å²) in [5.74, 6) is -0.218. The Bertz CT molecular complexity index is 1510. The monoisotopic (exact) mass is 561 g/mol. The molecule has 0 bridgehead atoms. The number of pyridine rings is 1. The van der Waals surface area contributed by atoms with E-state index in [4.69, 9.17) is 16.3 Å². The second-order valence-electron chi connectivity index (χ2n) is 8.93. The molecule has 4 aromatic rings. The normalized spacial score (nSPS) is 13.4. The number of phenols is 1. The van der Waals surface area contributed by atoms with E-state index >= 15 is 0 Å².